The molecule has 1 heterocycles. The van der Waals surface area contributed by atoms with Gasteiger partial charge < -0.3 is 5.32 Å². The van der Waals surface area contributed by atoms with Crippen LogP contribution in [0.1, 0.15) is 57.4 Å². The summed E-state index contributed by atoms with van der Waals surface area (Å²) in [6.07, 6.45) is 10.6. The van der Waals surface area contributed by atoms with E-state index in [4.69, 9.17) is 0 Å². The maximum Gasteiger partial charge on any atom is 0.116 e. The second-order valence-corrected chi connectivity index (χ2v) is 5.75. The van der Waals surface area contributed by atoms with Crippen LogP contribution in [0.5, 0.6) is 0 Å². The van der Waals surface area contributed by atoms with E-state index >= 15 is 0 Å². The van der Waals surface area contributed by atoms with Crippen molar-refractivity contribution >= 4 is 11.0 Å². The summed E-state index contributed by atoms with van der Waals surface area (Å²) in [6, 6.07) is 6.22. The zero-order valence-corrected chi connectivity index (χ0v) is 13.2. The van der Waals surface area contributed by atoms with Crippen molar-refractivity contribution in [3.05, 3.63) is 23.8 Å². The van der Waals surface area contributed by atoms with Crippen LogP contribution >= 0.6 is 0 Å². The lowest BCUT2D eigenvalue weighted by Gasteiger charge is -2.05. The number of nitrogens with zero attached hydrogens (tertiary/aromatic N) is 2. The van der Waals surface area contributed by atoms with Gasteiger partial charge in [0.15, 0.2) is 0 Å². The summed E-state index contributed by atoms with van der Waals surface area (Å²) >= 11 is 0. The Morgan fingerprint density at radius 3 is 2.67 bits per heavy atom. The molecule has 0 bridgehead atoms. The molecule has 0 amide bonds. The van der Waals surface area contributed by atoms with E-state index in [1.165, 1.54) is 50.5 Å². The zero-order valence-electron chi connectivity index (χ0n) is 13.2. The second-order valence-electron chi connectivity index (χ2n) is 5.75. The minimum atomic E-state index is 1.01. The summed E-state index contributed by atoms with van der Waals surface area (Å²) < 4.78 is 0. The molecular weight excluding hydrogens is 260 g/mol. The summed E-state index contributed by atoms with van der Waals surface area (Å²) in [5, 5.41) is 14.5. The summed E-state index contributed by atoms with van der Waals surface area (Å²) in [6.45, 7) is 4.41. The molecule has 2 rings (SSSR count). The van der Waals surface area contributed by atoms with E-state index in [0.717, 1.165) is 30.5 Å². The molecule has 0 fully saturated rings. The summed E-state index contributed by atoms with van der Waals surface area (Å²) in [7, 11) is 0. The van der Waals surface area contributed by atoms with Crippen molar-refractivity contribution in [2.24, 2.45) is 0 Å². The van der Waals surface area contributed by atoms with E-state index in [1.54, 1.807) is 0 Å². The lowest BCUT2D eigenvalue weighted by Crippen LogP contribution is -2.18. The topological polar surface area (TPSA) is 53.6 Å². The Labute approximate surface area is 127 Å². The van der Waals surface area contributed by atoms with Crippen molar-refractivity contribution in [2.45, 2.75) is 58.3 Å². The number of hydrogen-bond acceptors (Lipinski definition) is 3. The summed E-state index contributed by atoms with van der Waals surface area (Å²) in [5.41, 5.74) is 3.31. The standard InChI is InChI=1S/C17H28N4/c1-2-3-4-5-6-7-8-13-18-14-12-15-10-9-11-16-17(15)20-21-19-16/h9-11,18H,2-8,12-14H2,1H3,(H,19,20,21). The van der Waals surface area contributed by atoms with Crippen LogP contribution in [-0.2, 0) is 6.42 Å². The lowest BCUT2D eigenvalue weighted by atomic mass is 10.1. The van der Waals surface area contributed by atoms with Gasteiger partial charge in [-0.15, -0.1) is 5.10 Å². The van der Waals surface area contributed by atoms with Crippen molar-refractivity contribution < 1.29 is 0 Å². The number of aromatic amines is 1. The Morgan fingerprint density at radius 1 is 1.00 bits per heavy atom. The predicted octanol–water partition coefficient (Wildman–Crippen LogP) is 3.84. The molecule has 2 N–H and O–H groups in total. The van der Waals surface area contributed by atoms with Crippen LogP contribution in [-0.4, -0.2) is 28.5 Å². The highest BCUT2D eigenvalue weighted by Crippen LogP contribution is 2.13. The molecule has 0 radical (unpaired) electrons. The van der Waals surface area contributed by atoms with E-state index in [9.17, 15) is 0 Å². The maximum atomic E-state index is 4.15. The molecule has 116 valence electrons. The van der Waals surface area contributed by atoms with E-state index in [-0.39, 0.29) is 0 Å². The molecule has 0 aliphatic rings. The predicted molar refractivity (Wildman–Crippen MR) is 88.5 cm³/mol. The van der Waals surface area contributed by atoms with Gasteiger partial charge >= 0.3 is 0 Å². The van der Waals surface area contributed by atoms with Crippen molar-refractivity contribution in [1.82, 2.24) is 20.7 Å². The van der Waals surface area contributed by atoms with Gasteiger partial charge in [-0.3, -0.25) is 5.10 Å². The zero-order chi connectivity index (χ0) is 14.8. The first-order valence-electron chi connectivity index (χ1n) is 8.41. The number of benzene rings is 1. The van der Waals surface area contributed by atoms with Crippen molar-refractivity contribution in [3.63, 3.8) is 0 Å². The smallest absolute Gasteiger partial charge is 0.116 e. The average molecular weight is 288 g/mol. The first kappa shape index (κ1) is 16.0. The van der Waals surface area contributed by atoms with Crippen molar-refractivity contribution in [2.75, 3.05) is 13.1 Å². The lowest BCUT2D eigenvalue weighted by molar-refractivity contribution is 0.563. The molecule has 4 nitrogen and oxygen atoms in total. The first-order valence-corrected chi connectivity index (χ1v) is 8.41. The van der Waals surface area contributed by atoms with Gasteiger partial charge in [-0.2, -0.15) is 0 Å². The third-order valence-corrected chi connectivity index (χ3v) is 3.97. The fraction of sp³-hybridized carbons (Fsp3) is 0.647. The highest BCUT2D eigenvalue weighted by atomic mass is 15.3. The molecule has 1 aromatic heterocycles. The molecule has 4 heteroatoms. The van der Waals surface area contributed by atoms with Crippen LogP contribution in [0.2, 0.25) is 0 Å². The Kier molecular flexibility index (Phi) is 7.22. The molecule has 0 spiro atoms. The number of fused-ring (bicyclic) bond motifs is 1. The van der Waals surface area contributed by atoms with Gasteiger partial charge in [0.1, 0.15) is 5.52 Å². The van der Waals surface area contributed by atoms with Crippen LogP contribution in [0.3, 0.4) is 0 Å². The van der Waals surface area contributed by atoms with Crippen LogP contribution in [0, 0.1) is 0 Å². The Morgan fingerprint density at radius 2 is 1.81 bits per heavy atom. The average Bonchev–Trinajstić information content (AvgIpc) is 2.98. The number of hydrogen-bond donors (Lipinski definition) is 2. The van der Waals surface area contributed by atoms with E-state index in [1.807, 2.05) is 6.07 Å². The second kappa shape index (κ2) is 9.50. The molecule has 0 aliphatic heterocycles. The highest BCUT2D eigenvalue weighted by Gasteiger charge is 2.03. The SMILES string of the molecule is CCCCCCCCCNCCc1cccc2[nH]nnc12. The molecule has 0 unspecified atom stereocenters. The van der Waals surface area contributed by atoms with Gasteiger partial charge in [0, 0.05) is 0 Å². The van der Waals surface area contributed by atoms with E-state index in [0.29, 0.717) is 0 Å². The van der Waals surface area contributed by atoms with Gasteiger partial charge in [-0.1, -0.05) is 62.8 Å². The monoisotopic (exact) mass is 288 g/mol. The number of nitrogens with one attached hydrogen (secondary N) is 2. The third kappa shape index (κ3) is 5.46. The van der Waals surface area contributed by atoms with Gasteiger partial charge in [0.2, 0.25) is 0 Å². The third-order valence-electron chi connectivity index (χ3n) is 3.97. The van der Waals surface area contributed by atoms with Crippen molar-refractivity contribution in [3.8, 4) is 0 Å². The van der Waals surface area contributed by atoms with Gasteiger partial charge in [-0.05, 0) is 37.6 Å². The number of unbranched alkanes of at least 4 members (excludes halogenated alkanes) is 6. The highest BCUT2D eigenvalue weighted by molar-refractivity contribution is 5.77. The van der Waals surface area contributed by atoms with Crippen molar-refractivity contribution in [1.29, 1.82) is 0 Å². The van der Waals surface area contributed by atoms with Gasteiger partial charge in [-0.25, -0.2) is 0 Å². The van der Waals surface area contributed by atoms with E-state index < -0.39 is 0 Å². The minimum absolute atomic E-state index is 1.01. The Hall–Kier alpha value is -1.42. The van der Waals surface area contributed by atoms with Crippen LogP contribution in [0.4, 0.5) is 0 Å². The largest absolute Gasteiger partial charge is 0.316 e. The first-order chi connectivity index (χ1) is 10.4. The maximum absolute atomic E-state index is 4.15. The fourth-order valence-corrected chi connectivity index (χ4v) is 2.69. The van der Waals surface area contributed by atoms with E-state index in [2.05, 4.69) is 39.8 Å². The van der Waals surface area contributed by atoms with Crippen LogP contribution in [0.25, 0.3) is 11.0 Å². The van der Waals surface area contributed by atoms with Crippen LogP contribution < -0.4 is 5.32 Å². The molecule has 0 saturated heterocycles. The summed E-state index contributed by atoms with van der Waals surface area (Å²) in [5.74, 6) is 0. The normalized spacial score (nSPS) is 11.3. The molecular formula is C17H28N4. The molecule has 0 aliphatic carbocycles. The van der Waals surface area contributed by atoms with Gasteiger partial charge in [0.05, 0.1) is 5.52 Å². The molecule has 0 atom stereocenters. The molecule has 1 aromatic carbocycles. The molecule has 0 saturated carbocycles. The quantitative estimate of drug-likeness (QED) is 0.618. The minimum Gasteiger partial charge on any atom is -0.316 e. The molecule has 2 aromatic rings. The number of aromatic nitrogens is 3. The molecule has 21 heavy (non-hydrogen) atoms. The van der Waals surface area contributed by atoms with Crippen LogP contribution in [0.15, 0.2) is 18.2 Å². The van der Waals surface area contributed by atoms with Gasteiger partial charge in [0.25, 0.3) is 0 Å². The fourth-order valence-electron chi connectivity index (χ4n) is 2.69. The Balaban J connectivity index is 1.53. The summed E-state index contributed by atoms with van der Waals surface area (Å²) in [4.78, 5) is 0. The number of H-pyrrole nitrogens is 1. The Bertz CT molecular complexity index is 506. The number of rotatable bonds is 11.